The SMILES string of the molecule is CC(N)C(=O)NC(Cc1ccccc1)C(=O)NC(CC(=O)O)C(=O)NC(CCC(=O)O)C(=O)O. The van der Waals surface area contributed by atoms with Gasteiger partial charge in [-0.2, -0.15) is 0 Å². The van der Waals surface area contributed by atoms with Crippen molar-refractivity contribution in [3.63, 3.8) is 0 Å². The minimum absolute atomic E-state index is 0.00288. The Labute approximate surface area is 194 Å². The Balaban J connectivity index is 3.05. The third-order valence-corrected chi connectivity index (χ3v) is 4.60. The molecule has 34 heavy (non-hydrogen) atoms. The molecule has 0 aliphatic carbocycles. The highest BCUT2D eigenvalue weighted by Gasteiger charge is 2.31. The highest BCUT2D eigenvalue weighted by atomic mass is 16.4. The van der Waals surface area contributed by atoms with Crippen LogP contribution in [0.1, 0.15) is 31.7 Å². The molecule has 0 radical (unpaired) electrons. The van der Waals surface area contributed by atoms with Gasteiger partial charge in [-0.15, -0.1) is 0 Å². The topological polar surface area (TPSA) is 225 Å². The van der Waals surface area contributed by atoms with Crippen LogP contribution in [-0.4, -0.2) is 75.1 Å². The van der Waals surface area contributed by atoms with Gasteiger partial charge in [0.05, 0.1) is 12.5 Å². The van der Waals surface area contributed by atoms with E-state index in [0.717, 1.165) is 0 Å². The van der Waals surface area contributed by atoms with E-state index in [1.54, 1.807) is 30.3 Å². The quantitative estimate of drug-likeness (QED) is 0.162. The molecular formula is C21H28N4O9. The number of carbonyl (C=O) groups is 6. The summed E-state index contributed by atoms with van der Waals surface area (Å²) in [6, 6.07) is 3.08. The second-order valence-electron chi connectivity index (χ2n) is 7.53. The van der Waals surface area contributed by atoms with Crippen molar-refractivity contribution in [3.05, 3.63) is 35.9 Å². The molecule has 0 aliphatic heterocycles. The Hall–Kier alpha value is -4.00. The molecule has 0 aliphatic rings. The van der Waals surface area contributed by atoms with Gasteiger partial charge in [0.2, 0.25) is 17.7 Å². The number of hydrogen-bond donors (Lipinski definition) is 7. The van der Waals surface area contributed by atoms with Gasteiger partial charge in [-0.3, -0.25) is 24.0 Å². The summed E-state index contributed by atoms with van der Waals surface area (Å²) in [5.41, 5.74) is 6.20. The molecule has 4 unspecified atom stereocenters. The first-order valence-corrected chi connectivity index (χ1v) is 10.3. The molecule has 3 amide bonds. The van der Waals surface area contributed by atoms with Gasteiger partial charge in [0.15, 0.2) is 0 Å². The van der Waals surface area contributed by atoms with Crippen LogP contribution >= 0.6 is 0 Å². The van der Waals surface area contributed by atoms with E-state index in [-0.39, 0.29) is 6.42 Å². The minimum atomic E-state index is -1.69. The van der Waals surface area contributed by atoms with E-state index >= 15 is 0 Å². The zero-order valence-corrected chi connectivity index (χ0v) is 18.4. The zero-order valence-electron chi connectivity index (χ0n) is 18.4. The van der Waals surface area contributed by atoms with Crippen LogP contribution in [0, 0.1) is 0 Å². The Morgan fingerprint density at radius 2 is 1.32 bits per heavy atom. The summed E-state index contributed by atoms with van der Waals surface area (Å²) in [6.45, 7) is 1.40. The minimum Gasteiger partial charge on any atom is -0.481 e. The Kier molecular flexibility index (Phi) is 11.2. The van der Waals surface area contributed by atoms with Crippen LogP contribution in [-0.2, 0) is 35.2 Å². The summed E-state index contributed by atoms with van der Waals surface area (Å²) < 4.78 is 0. The van der Waals surface area contributed by atoms with Crippen LogP contribution in [0.5, 0.6) is 0 Å². The average Bonchev–Trinajstić information content (AvgIpc) is 2.75. The second-order valence-corrected chi connectivity index (χ2v) is 7.53. The number of hydrogen-bond acceptors (Lipinski definition) is 7. The summed E-state index contributed by atoms with van der Waals surface area (Å²) in [5, 5.41) is 33.8. The molecule has 0 fully saturated rings. The molecule has 0 bridgehead atoms. The number of carboxylic acids is 3. The van der Waals surface area contributed by atoms with Gasteiger partial charge in [-0.1, -0.05) is 30.3 Å². The van der Waals surface area contributed by atoms with Crippen molar-refractivity contribution in [2.24, 2.45) is 5.73 Å². The maximum atomic E-state index is 12.9. The molecule has 0 heterocycles. The van der Waals surface area contributed by atoms with Gasteiger partial charge in [-0.05, 0) is 18.9 Å². The lowest BCUT2D eigenvalue weighted by molar-refractivity contribution is -0.144. The van der Waals surface area contributed by atoms with Gasteiger partial charge in [0, 0.05) is 12.8 Å². The summed E-state index contributed by atoms with van der Waals surface area (Å²) in [7, 11) is 0. The molecule has 13 heteroatoms. The van der Waals surface area contributed by atoms with Gasteiger partial charge >= 0.3 is 17.9 Å². The van der Waals surface area contributed by atoms with Crippen LogP contribution in [0.25, 0.3) is 0 Å². The van der Waals surface area contributed by atoms with Gasteiger partial charge in [0.1, 0.15) is 18.1 Å². The van der Waals surface area contributed by atoms with E-state index in [1.807, 2.05) is 5.32 Å². The van der Waals surface area contributed by atoms with Crippen LogP contribution in [0.2, 0.25) is 0 Å². The summed E-state index contributed by atoms with van der Waals surface area (Å²) in [4.78, 5) is 70.9. The predicted molar refractivity (Wildman–Crippen MR) is 116 cm³/mol. The monoisotopic (exact) mass is 480 g/mol. The average molecular weight is 480 g/mol. The molecular weight excluding hydrogens is 452 g/mol. The van der Waals surface area contributed by atoms with Crippen molar-refractivity contribution < 1.29 is 44.1 Å². The number of nitrogens with two attached hydrogens (primary N) is 1. The summed E-state index contributed by atoms with van der Waals surface area (Å²) in [5.74, 6) is -6.96. The number of nitrogens with one attached hydrogen (secondary N) is 3. The van der Waals surface area contributed by atoms with Crippen molar-refractivity contribution in [2.45, 2.75) is 56.8 Å². The molecule has 13 nitrogen and oxygen atoms in total. The number of amides is 3. The van der Waals surface area contributed by atoms with Crippen molar-refractivity contribution in [2.75, 3.05) is 0 Å². The Morgan fingerprint density at radius 1 is 0.794 bits per heavy atom. The molecule has 0 spiro atoms. The number of aliphatic carboxylic acids is 3. The van der Waals surface area contributed by atoms with E-state index in [1.165, 1.54) is 6.92 Å². The van der Waals surface area contributed by atoms with E-state index in [4.69, 9.17) is 15.9 Å². The standard InChI is InChI=1S/C21H28N4O9/c1-11(22)18(30)24-14(9-12-5-3-2-4-6-12)19(31)25-15(10-17(28)29)20(32)23-13(21(33)34)7-8-16(26)27/h2-6,11,13-15H,7-10,22H2,1H3,(H,23,32)(H,24,30)(H,25,31)(H,26,27)(H,28,29)(H,33,34). The fourth-order valence-corrected chi connectivity index (χ4v) is 2.82. The van der Waals surface area contributed by atoms with Crippen molar-refractivity contribution in [1.82, 2.24) is 16.0 Å². The largest absolute Gasteiger partial charge is 0.481 e. The first kappa shape index (κ1) is 28.0. The summed E-state index contributed by atoms with van der Waals surface area (Å²) in [6.07, 6.45) is -1.90. The highest BCUT2D eigenvalue weighted by Crippen LogP contribution is 2.06. The molecule has 1 rings (SSSR count). The Bertz CT molecular complexity index is 905. The van der Waals surface area contributed by atoms with Crippen molar-refractivity contribution in [3.8, 4) is 0 Å². The normalized spacial score (nSPS) is 14.1. The number of benzene rings is 1. The molecule has 186 valence electrons. The van der Waals surface area contributed by atoms with Crippen LogP contribution in [0.3, 0.4) is 0 Å². The zero-order chi connectivity index (χ0) is 25.8. The third kappa shape index (κ3) is 10.1. The number of carboxylic acid groups (broad SMARTS) is 3. The third-order valence-electron chi connectivity index (χ3n) is 4.60. The molecule has 1 aromatic rings. The van der Waals surface area contributed by atoms with E-state index < -0.39 is 79.1 Å². The molecule has 0 aromatic heterocycles. The molecule has 1 aromatic carbocycles. The van der Waals surface area contributed by atoms with Gasteiger partial charge < -0.3 is 37.0 Å². The predicted octanol–water partition coefficient (Wildman–Crippen LogP) is -1.55. The second kappa shape index (κ2) is 13.5. The first-order valence-electron chi connectivity index (χ1n) is 10.3. The first-order chi connectivity index (χ1) is 15.9. The lowest BCUT2D eigenvalue weighted by Crippen LogP contribution is -2.57. The lowest BCUT2D eigenvalue weighted by Gasteiger charge is -2.24. The smallest absolute Gasteiger partial charge is 0.326 e. The van der Waals surface area contributed by atoms with Gasteiger partial charge in [0.25, 0.3) is 0 Å². The van der Waals surface area contributed by atoms with E-state index in [2.05, 4.69) is 10.6 Å². The van der Waals surface area contributed by atoms with E-state index in [0.29, 0.717) is 5.56 Å². The number of carbonyl (C=O) groups excluding carboxylic acids is 3. The Morgan fingerprint density at radius 3 is 1.82 bits per heavy atom. The fraction of sp³-hybridized carbons (Fsp3) is 0.429. The number of rotatable bonds is 14. The van der Waals surface area contributed by atoms with Crippen LogP contribution in [0.4, 0.5) is 0 Å². The highest BCUT2D eigenvalue weighted by molar-refractivity contribution is 5.95. The summed E-state index contributed by atoms with van der Waals surface area (Å²) >= 11 is 0. The molecule has 4 atom stereocenters. The maximum absolute atomic E-state index is 12.9. The van der Waals surface area contributed by atoms with Crippen molar-refractivity contribution in [1.29, 1.82) is 0 Å². The molecule has 0 saturated carbocycles. The lowest BCUT2D eigenvalue weighted by atomic mass is 10.0. The molecule has 8 N–H and O–H groups in total. The fourth-order valence-electron chi connectivity index (χ4n) is 2.82. The molecule has 0 saturated heterocycles. The van der Waals surface area contributed by atoms with Crippen molar-refractivity contribution >= 4 is 35.6 Å². The van der Waals surface area contributed by atoms with Gasteiger partial charge in [-0.25, -0.2) is 4.79 Å². The maximum Gasteiger partial charge on any atom is 0.326 e. The van der Waals surface area contributed by atoms with Crippen LogP contribution in [0.15, 0.2) is 30.3 Å². The van der Waals surface area contributed by atoms with E-state index in [9.17, 15) is 33.9 Å². The van der Waals surface area contributed by atoms with Crippen LogP contribution < -0.4 is 21.7 Å².